The molecular formula is C17H18ClNO. The molecule has 2 rings (SSSR count). The number of carbonyl (C=O) groups is 1. The van der Waals surface area contributed by atoms with Crippen LogP contribution in [0.4, 0.5) is 0 Å². The van der Waals surface area contributed by atoms with Gasteiger partial charge in [0.1, 0.15) is 0 Å². The molecule has 0 aliphatic heterocycles. The molecule has 0 heterocycles. The van der Waals surface area contributed by atoms with Gasteiger partial charge in [-0.2, -0.15) is 0 Å². The summed E-state index contributed by atoms with van der Waals surface area (Å²) in [6, 6.07) is 15.4. The number of rotatable bonds is 4. The van der Waals surface area contributed by atoms with Crippen LogP contribution >= 0.6 is 11.6 Å². The van der Waals surface area contributed by atoms with Crippen molar-refractivity contribution in [2.24, 2.45) is 0 Å². The van der Waals surface area contributed by atoms with Gasteiger partial charge in [-0.25, -0.2) is 0 Å². The molecule has 104 valence electrons. The molecule has 0 fully saturated rings. The smallest absolute Gasteiger partial charge is 0.251 e. The lowest BCUT2D eigenvalue weighted by Crippen LogP contribution is -2.27. The highest BCUT2D eigenvalue weighted by Crippen LogP contribution is 2.17. The first-order valence-electron chi connectivity index (χ1n) is 6.63. The highest BCUT2D eigenvalue weighted by Gasteiger charge is 2.12. The van der Waals surface area contributed by atoms with E-state index >= 15 is 0 Å². The second kappa shape index (κ2) is 6.58. The first-order valence-corrected chi connectivity index (χ1v) is 7.16. The summed E-state index contributed by atoms with van der Waals surface area (Å²) in [6.07, 6.45) is 0. The predicted octanol–water partition coefficient (Wildman–Crippen LogP) is 4.22. The van der Waals surface area contributed by atoms with Crippen molar-refractivity contribution in [1.29, 1.82) is 0 Å². The summed E-state index contributed by atoms with van der Waals surface area (Å²) in [5, 5.41) is 3.02. The van der Waals surface area contributed by atoms with Crippen LogP contribution in [0.2, 0.25) is 0 Å². The molecule has 0 radical (unpaired) electrons. The summed E-state index contributed by atoms with van der Waals surface area (Å²) in [5.41, 5.74) is 3.90. The van der Waals surface area contributed by atoms with Gasteiger partial charge in [-0.1, -0.05) is 36.4 Å². The average molecular weight is 288 g/mol. The zero-order valence-corrected chi connectivity index (χ0v) is 12.4. The number of carbonyl (C=O) groups excluding carboxylic acids is 1. The second-order valence-electron chi connectivity index (χ2n) is 4.89. The highest BCUT2D eigenvalue weighted by molar-refractivity contribution is 6.17. The molecule has 0 unspecified atom stereocenters. The number of hydrogen-bond acceptors (Lipinski definition) is 1. The quantitative estimate of drug-likeness (QED) is 0.838. The maximum atomic E-state index is 12.3. The Hall–Kier alpha value is -1.80. The van der Waals surface area contributed by atoms with Gasteiger partial charge in [-0.3, -0.25) is 4.79 Å². The fourth-order valence-corrected chi connectivity index (χ4v) is 2.39. The number of hydrogen-bond donors (Lipinski definition) is 1. The molecule has 20 heavy (non-hydrogen) atoms. The van der Waals surface area contributed by atoms with Gasteiger partial charge in [0, 0.05) is 11.4 Å². The van der Waals surface area contributed by atoms with Crippen LogP contribution in [0, 0.1) is 6.92 Å². The Morgan fingerprint density at radius 3 is 2.65 bits per heavy atom. The third-order valence-electron chi connectivity index (χ3n) is 3.35. The lowest BCUT2D eigenvalue weighted by molar-refractivity contribution is 0.0939. The van der Waals surface area contributed by atoms with E-state index in [1.165, 1.54) is 5.56 Å². The van der Waals surface area contributed by atoms with Gasteiger partial charge in [0.25, 0.3) is 5.91 Å². The largest absolute Gasteiger partial charge is 0.346 e. The zero-order valence-electron chi connectivity index (χ0n) is 11.7. The van der Waals surface area contributed by atoms with E-state index < -0.39 is 0 Å². The highest BCUT2D eigenvalue weighted by atomic mass is 35.5. The molecule has 0 aliphatic rings. The van der Waals surface area contributed by atoms with Crippen molar-refractivity contribution in [3.05, 3.63) is 70.8 Å². The van der Waals surface area contributed by atoms with Crippen LogP contribution in [0.15, 0.2) is 48.5 Å². The molecular weight excluding hydrogens is 270 g/mol. The molecule has 1 amide bonds. The van der Waals surface area contributed by atoms with Crippen molar-refractivity contribution in [1.82, 2.24) is 5.32 Å². The number of nitrogens with one attached hydrogen (secondary N) is 1. The fourth-order valence-electron chi connectivity index (χ4n) is 2.23. The topological polar surface area (TPSA) is 29.1 Å². The molecule has 1 N–H and O–H groups in total. The van der Waals surface area contributed by atoms with Crippen LogP contribution in [-0.4, -0.2) is 5.91 Å². The summed E-state index contributed by atoms with van der Waals surface area (Å²) >= 11 is 5.79. The van der Waals surface area contributed by atoms with Gasteiger partial charge in [0.05, 0.1) is 6.04 Å². The Morgan fingerprint density at radius 1 is 1.20 bits per heavy atom. The third-order valence-corrected chi connectivity index (χ3v) is 3.65. The van der Waals surface area contributed by atoms with E-state index in [4.69, 9.17) is 11.6 Å². The summed E-state index contributed by atoms with van der Waals surface area (Å²) in [4.78, 5) is 12.3. The molecule has 3 heteroatoms. The minimum absolute atomic E-state index is 0.0247. The Kier molecular flexibility index (Phi) is 4.80. The molecule has 2 nitrogen and oxygen atoms in total. The van der Waals surface area contributed by atoms with E-state index in [0.717, 1.165) is 11.1 Å². The minimum atomic E-state index is -0.0762. The molecule has 0 saturated heterocycles. The number of amides is 1. The van der Waals surface area contributed by atoms with E-state index in [2.05, 4.69) is 5.32 Å². The van der Waals surface area contributed by atoms with Gasteiger partial charge >= 0.3 is 0 Å². The van der Waals surface area contributed by atoms with Crippen LogP contribution in [0.5, 0.6) is 0 Å². The zero-order chi connectivity index (χ0) is 14.5. The molecule has 0 saturated carbocycles. The standard InChI is InChI=1S/C17H18ClNO/c1-12-6-3-4-9-16(12)13(2)19-17(20)15-8-5-7-14(10-15)11-18/h3-10,13H,11H2,1-2H3,(H,19,20)/t13-/m0/s1. The maximum absolute atomic E-state index is 12.3. The molecule has 1 atom stereocenters. The van der Waals surface area contributed by atoms with Crippen molar-refractivity contribution < 1.29 is 4.79 Å². The van der Waals surface area contributed by atoms with Gasteiger partial charge in [-0.15, -0.1) is 11.6 Å². The number of aryl methyl sites for hydroxylation is 1. The van der Waals surface area contributed by atoms with Gasteiger partial charge in [-0.05, 0) is 42.7 Å². The van der Waals surface area contributed by atoms with E-state index in [1.807, 2.05) is 56.3 Å². The Bertz CT molecular complexity index is 609. The van der Waals surface area contributed by atoms with Crippen LogP contribution in [0.3, 0.4) is 0 Å². The maximum Gasteiger partial charge on any atom is 0.251 e. The average Bonchev–Trinajstić information content (AvgIpc) is 2.47. The van der Waals surface area contributed by atoms with Crippen molar-refractivity contribution >= 4 is 17.5 Å². The van der Waals surface area contributed by atoms with Crippen LogP contribution < -0.4 is 5.32 Å². The van der Waals surface area contributed by atoms with Gasteiger partial charge in [0.2, 0.25) is 0 Å². The minimum Gasteiger partial charge on any atom is -0.346 e. The van der Waals surface area contributed by atoms with Crippen molar-refractivity contribution in [2.75, 3.05) is 0 Å². The SMILES string of the molecule is Cc1ccccc1[C@H](C)NC(=O)c1cccc(CCl)c1. The number of alkyl halides is 1. The summed E-state index contributed by atoms with van der Waals surface area (Å²) in [7, 11) is 0. The summed E-state index contributed by atoms with van der Waals surface area (Å²) in [5.74, 6) is 0.335. The van der Waals surface area contributed by atoms with E-state index in [0.29, 0.717) is 11.4 Å². The van der Waals surface area contributed by atoms with Crippen molar-refractivity contribution in [2.45, 2.75) is 25.8 Å². The molecule has 2 aromatic rings. The predicted molar refractivity (Wildman–Crippen MR) is 83.1 cm³/mol. The lowest BCUT2D eigenvalue weighted by atomic mass is 10.0. The van der Waals surface area contributed by atoms with Gasteiger partial charge < -0.3 is 5.32 Å². The van der Waals surface area contributed by atoms with Crippen LogP contribution in [0.1, 0.15) is 40.0 Å². The molecule has 2 aromatic carbocycles. The van der Waals surface area contributed by atoms with E-state index in [-0.39, 0.29) is 11.9 Å². The lowest BCUT2D eigenvalue weighted by Gasteiger charge is -2.16. The first kappa shape index (κ1) is 14.6. The van der Waals surface area contributed by atoms with E-state index in [1.54, 1.807) is 6.07 Å². The molecule has 0 spiro atoms. The number of benzene rings is 2. The monoisotopic (exact) mass is 287 g/mol. The Labute approximate surface area is 124 Å². The van der Waals surface area contributed by atoms with Crippen LogP contribution in [0.25, 0.3) is 0 Å². The van der Waals surface area contributed by atoms with Gasteiger partial charge in [0.15, 0.2) is 0 Å². The fraction of sp³-hybridized carbons (Fsp3) is 0.235. The van der Waals surface area contributed by atoms with Crippen molar-refractivity contribution in [3.8, 4) is 0 Å². The summed E-state index contributed by atoms with van der Waals surface area (Å²) < 4.78 is 0. The Balaban J connectivity index is 2.13. The number of halogens is 1. The normalized spacial score (nSPS) is 11.9. The summed E-state index contributed by atoms with van der Waals surface area (Å²) in [6.45, 7) is 4.04. The Morgan fingerprint density at radius 2 is 1.95 bits per heavy atom. The third kappa shape index (κ3) is 3.40. The second-order valence-corrected chi connectivity index (χ2v) is 5.15. The first-order chi connectivity index (χ1) is 9.61. The molecule has 0 aromatic heterocycles. The molecule has 0 bridgehead atoms. The van der Waals surface area contributed by atoms with E-state index in [9.17, 15) is 4.79 Å². The molecule has 0 aliphatic carbocycles. The van der Waals surface area contributed by atoms with Crippen molar-refractivity contribution in [3.63, 3.8) is 0 Å². The van der Waals surface area contributed by atoms with Crippen LogP contribution in [-0.2, 0) is 5.88 Å².